The van der Waals surface area contributed by atoms with Crippen LogP contribution in [0.1, 0.15) is 36.8 Å². The first kappa shape index (κ1) is 26.7. The number of rotatable bonds is 13. The van der Waals surface area contributed by atoms with Gasteiger partial charge < -0.3 is 15.2 Å². The largest absolute Gasteiger partial charge is 0.481 e. The number of carboxylic acids is 1. The number of ether oxygens (including phenoxy) is 1. The zero-order valence-electron chi connectivity index (χ0n) is 20.0. The van der Waals surface area contributed by atoms with Gasteiger partial charge in [-0.25, -0.2) is 9.86 Å². The van der Waals surface area contributed by atoms with Crippen LogP contribution in [-0.2, 0) is 27.5 Å². The van der Waals surface area contributed by atoms with E-state index in [4.69, 9.17) is 9.84 Å². The van der Waals surface area contributed by atoms with Gasteiger partial charge in [-0.2, -0.15) is 0 Å². The Kier molecular flexibility index (Phi) is 10.2. The van der Waals surface area contributed by atoms with E-state index < -0.39 is 18.0 Å². The van der Waals surface area contributed by atoms with Crippen molar-refractivity contribution in [3.05, 3.63) is 77.9 Å². The Bertz CT molecular complexity index is 1180. The number of hydroxylamine groups is 2. The lowest BCUT2D eigenvalue weighted by molar-refractivity contribution is -0.166. The fraction of sp³-hybridized carbons (Fsp3) is 0.296. The van der Waals surface area contributed by atoms with Gasteiger partial charge in [-0.3, -0.25) is 20.1 Å². The molecule has 3 rings (SSSR count). The smallest absolute Gasteiger partial charge is 0.411 e. The minimum atomic E-state index is -1.07. The molecule has 9 heteroatoms. The van der Waals surface area contributed by atoms with Crippen LogP contribution in [-0.4, -0.2) is 46.4 Å². The van der Waals surface area contributed by atoms with Crippen molar-refractivity contribution < 1.29 is 29.4 Å². The molecule has 0 aromatic heterocycles. The second-order valence-corrected chi connectivity index (χ2v) is 8.34. The van der Waals surface area contributed by atoms with Crippen LogP contribution in [0, 0.1) is 0 Å². The van der Waals surface area contributed by atoms with Crippen molar-refractivity contribution in [2.24, 2.45) is 0 Å². The molecule has 3 aromatic carbocycles. The van der Waals surface area contributed by atoms with E-state index in [2.05, 4.69) is 10.6 Å². The minimum absolute atomic E-state index is 0.146. The van der Waals surface area contributed by atoms with Gasteiger partial charge in [-0.1, -0.05) is 60.7 Å². The van der Waals surface area contributed by atoms with Gasteiger partial charge in [-0.05, 0) is 42.0 Å². The van der Waals surface area contributed by atoms with Crippen molar-refractivity contribution in [2.75, 3.05) is 18.4 Å². The monoisotopic (exact) mass is 493 g/mol. The van der Waals surface area contributed by atoms with E-state index in [9.17, 15) is 19.6 Å². The van der Waals surface area contributed by atoms with Crippen LogP contribution in [0.2, 0.25) is 0 Å². The van der Waals surface area contributed by atoms with Gasteiger partial charge in [0, 0.05) is 24.9 Å². The molecule has 0 aliphatic rings. The summed E-state index contributed by atoms with van der Waals surface area (Å²) >= 11 is 0. The van der Waals surface area contributed by atoms with Crippen LogP contribution >= 0.6 is 0 Å². The lowest BCUT2D eigenvalue weighted by Gasteiger charge is -2.14. The highest BCUT2D eigenvalue weighted by atomic mass is 16.5. The number of carbonyl (C=O) groups is 3. The quantitative estimate of drug-likeness (QED) is 0.156. The molecule has 4 N–H and O–H groups in total. The summed E-state index contributed by atoms with van der Waals surface area (Å²) in [6.07, 6.45) is 0.294. The molecule has 0 aliphatic carbocycles. The van der Waals surface area contributed by atoms with Gasteiger partial charge >= 0.3 is 12.1 Å². The van der Waals surface area contributed by atoms with Crippen LogP contribution < -0.4 is 10.6 Å². The summed E-state index contributed by atoms with van der Waals surface area (Å²) in [5, 5.41) is 26.9. The molecule has 0 saturated carbocycles. The number of anilines is 1. The Morgan fingerprint density at radius 3 is 2.47 bits per heavy atom. The number of benzene rings is 3. The minimum Gasteiger partial charge on any atom is -0.481 e. The molecule has 0 radical (unpaired) electrons. The van der Waals surface area contributed by atoms with E-state index in [1.165, 1.54) is 0 Å². The Balaban J connectivity index is 1.35. The fourth-order valence-corrected chi connectivity index (χ4v) is 3.67. The summed E-state index contributed by atoms with van der Waals surface area (Å²) in [4.78, 5) is 34.4. The summed E-state index contributed by atoms with van der Waals surface area (Å²) in [5.74, 6) is -1.66. The zero-order chi connectivity index (χ0) is 25.8. The molecule has 9 nitrogen and oxygen atoms in total. The number of carbonyl (C=O) groups excluding carboxylic acids is 2. The van der Waals surface area contributed by atoms with Crippen molar-refractivity contribution in [3.63, 3.8) is 0 Å². The number of nitrogens with zero attached hydrogens (tertiary/aromatic N) is 1. The Morgan fingerprint density at radius 1 is 0.889 bits per heavy atom. The number of amides is 2. The lowest BCUT2D eigenvalue weighted by atomic mass is 10.1. The average Bonchev–Trinajstić information content (AvgIpc) is 2.88. The standard InChI is InChI=1S/C27H31N3O6/c31-25(13-14-26(32)33)30(35)16-4-3-15-28-18-20-7-5-8-21(17-20)19-36-27(34)29-24-12-6-10-22-9-1-2-11-23(22)24/h1-2,5-12,17,28,35H,3-4,13-16,18-19H2,(H,29,34)(H,32,33). The first-order valence-corrected chi connectivity index (χ1v) is 11.8. The molecule has 190 valence electrons. The second kappa shape index (κ2) is 13.8. The third-order valence-electron chi connectivity index (χ3n) is 5.53. The molecule has 0 atom stereocenters. The van der Waals surface area contributed by atoms with Gasteiger partial charge in [-0.15, -0.1) is 0 Å². The van der Waals surface area contributed by atoms with Crippen LogP contribution in [0.3, 0.4) is 0 Å². The topological polar surface area (TPSA) is 128 Å². The van der Waals surface area contributed by atoms with Crippen molar-refractivity contribution in [1.82, 2.24) is 10.4 Å². The fourth-order valence-electron chi connectivity index (χ4n) is 3.67. The van der Waals surface area contributed by atoms with Crippen molar-refractivity contribution in [2.45, 2.75) is 38.8 Å². The van der Waals surface area contributed by atoms with E-state index in [0.29, 0.717) is 30.3 Å². The normalized spacial score (nSPS) is 10.7. The number of carboxylic acid groups (broad SMARTS) is 1. The zero-order valence-corrected chi connectivity index (χ0v) is 20.0. The Morgan fingerprint density at radius 2 is 1.64 bits per heavy atom. The maximum atomic E-state index is 12.3. The number of hydrogen-bond donors (Lipinski definition) is 4. The maximum Gasteiger partial charge on any atom is 0.411 e. The number of nitrogens with one attached hydrogen (secondary N) is 2. The summed E-state index contributed by atoms with van der Waals surface area (Å²) in [7, 11) is 0. The number of unbranched alkanes of at least 4 members (excludes halogenated alkanes) is 1. The molecule has 0 unspecified atom stereocenters. The number of aliphatic carboxylic acids is 1. The molecule has 0 spiro atoms. The molecule has 0 heterocycles. The average molecular weight is 494 g/mol. The molecular formula is C27H31N3O6. The Hall–Kier alpha value is -3.95. The highest BCUT2D eigenvalue weighted by molar-refractivity contribution is 6.00. The predicted molar refractivity (Wildman–Crippen MR) is 136 cm³/mol. The van der Waals surface area contributed by atoms with Gasteiger partial charge in [0.15, 0.2) is 0 Å². The molecule has 2 amide bonds. The van der Waals surface area contributed by atoms with Crippen LogP contribution in [0.4, 0.5) is 10.5 Å². The lowest BCUT2D eigenvalue weighted by Crippen LogP contribution is -2.29. The van der Waals surface area contributed by atoms with Gasteiger partial charge in [0.2, 0.25) is 5.91 Å². The van der Waals surface area contributed by atoms with E-state index in [0.717, 1.165) is 28.3 Å². The first-order chi connectivity index (χ1) is 17.4. The molecule has 0 aliphatic heterocycles. The number of hydrogen-bond acceptors (Lipinski definition) is 6. The Labute approximate surface area is 209 Å². The van der Waals surface area contributed by atoms with Gasteiger partial charge in [0.05, 0.1) is 12.1 Å². The second-order valence-electron chi connectivity index (χ2n) is 8.34. The summed E-state index contributed by atoms with van der Waals surface area (Å²) in [6, 6.07) is 21.3. The highest BCUT2D eigenvalue weighted by Crippen LogP contribution is 2.23. The van der Waals surface area contributed by atoms with Crippen molar-refractivity contribution >= 4 is 34.4 Å². The van der Waals surface area contributed by atoms with E-state index in [-0.39, 0.29) is 26.0 Å². The molecule has 0 bridgehead atoms. The summed E-state index contributed by atoms with van der Waals surface area (Å²) in [5.41, 5.74) is 2.61. The van der Waals surface area contributed by atoms with E-state index in [1.54, 1.807) is 0 Å². The third kappa shape index (κ3) is 8.68. The molecular weight excluding hydrogens is 462 g/mol. The summed E-state index contributed by atoms with van der Waals surface area (Å²) < 4.78 is 5.41. The molecule has 0 fully saturated rings. The van der Waals surface area contributed by atoms with Crippen LogP contribution in [0.5, 0.6) is 0 Å². The number of fused-ring (bicyclic) bond motifs is 1. The van der Waals surface area contributed by atoms with E-state index >= 15 is 0 Å². The van der Waals surface area contributed by atoms with Crippen LogP contribution in [0.15, 0.2) is 66.7 Å². The SMILES string of the molecule is O=C(O)CCC(=O)N(O)CCCCNCc1cccc(COC(=O)Nc2cccc3ccccc23)c1. The maximum absolute atomic E-state index is 12.3. The predicted octanol–water partition coefficient (Wildman–Crippen LogP) is 4.54. The third-order valence-corrected chi connectivity index (χ3v) is 5.53. The molecule has 36 heavy (non-hydrogen) atoms. The van der Waals surface area contributed by atoms with Gasteiger partial charge in [0.1, 0.15) is 6.61 Å². The van der Waals surface area contributed by atoms with Crippen LogP contribution in [0.25, 0.3) is 10.8 Å². The molecule has 3 aromatic rings. The van der Waals surface area contributed by atoms with E-state index in [1.807, 2.05) is 66.7 Å². The van der Waals surface area contributed by atoms with Crippen molar-refractivity contribution in [3.8, 4) is 0 Å². The summed E-state index contributed by atoms with van der Waals surface area (Å²) in [6.45, 7) is 1.61. The highest BCUT2D eigenvalue weighted by Gasteiger charge is 2.12. The van der Waals surface area contributed by atoms with Gasteiger partial charge in [0.25, 0.3) is 0 Å². The first-order valence-electron chi connectivity index (χ1n) is 11.8. The van der Waals surface area contributed by atoms with Crippen molar-refractivity contribution in [1.29, 1.82) is 0 Å². The molecule has 0 saturated heterocycles.